The Bertz CT molecular complexity index is 797. The number of anilines is 1. The fraction of sp³-hybridized carbons (Fsp3) is 0.300. The highest BCUT2D eigenvalue weighted by Gasteiger charge is 2.22. The van der Waals surface area contributed by atoms with Crippen molar-refractivity contribution in [2.24, 2.45) is 0 Å². The number of carbonyl (C=O) groups is 2. The molecule has 0 saturated heterocycles. The van der Waals surface area contributed by atoms with E-state index in [0.29, 0.717) is 23.8 Å². The lowest BCUT2D eigenvalue weighted by Gasteiger charge is -2.26. The van der Waals surface area contributed by atoms with Crippen molar-refractivity contribution in [2.75, 3.05) is 18.6 Å². The van der Waals surface area contributed by atoms with Crippen LogP contribution in [0.5, 0.6) is 5.75 Å². The van der Waals surface area contributed by atoms with E-state index in [1.165, 1.54) is 5.56 Å². The molecule has 0 radical (unpaired) electrons. The van der Waals surface area contributed by atoms with E-state index in [-0.39, 0.29) is 18.4 Å². The Hall–Kier alpha value is -2.82. The molecule has 0 aromatic heterocycles. The lowest BCUT2D eigenvalue weighted by Crippen LogP contribution is -2.35. The second kappa shape index (κ2) is 6.97. The average Bonchev–Trinajstić information content (AvgIpc) is 2.63. The molecule has 3 rings (SSSR count). The van der Waals surface area contributed by atoms with Gasteiger partial charge in [-0.1, -0.05) is 32.0 Å². The van der Waals surface area contributed by atoms with Crippen LogP contribution in [0.15, 0.2) is 42.5 Å². The van der Waals surface area contributed by atoms with Crippen LogP contribution >= 0.6 is 0 Å². The number of hydrogen-bond donors (Lipinski definition) is 1. The van der Waals surface area contributed by atoms with Crippen molar-refractivity contribution in [1.29, 1.82) is 0 Å². The van der Waals surface area contributed by atoms with Gasteiger partial charge in [0.05, 0.1) is 5.69 Å². The van der Waals surface area contributed by atoms with Gasteiger partial charge in [-0.3, -0.25) is 9.59 Å². The maximum Gasteiger partial charge on any atom is 0.264 e. The first-order chi connectivity index (χ1) is 12.0. The minimum Gasteiger partial charge on any atom is -0.482 e. The molecule has 25 heavy (non-hydrogen) atoms. The first-order valence-electron chi connectivity index (χ1n) is 8.36. The largest absolute Gasteiger partial charge is 0.482 e. The predicted molar refractivity (Wildman–Crippen MR) is 97.0 cm³/mol. The number of likely N-dealkylation sites (N-methyl/N-ethyl adjacent to an activating group) is 1. The number of fused-ring (bicyclic) bond motifs is 1. The highest BCUT2D eigenvalue weighted by atomic mass is 16.5. The van der Waals surface area contributed by atoms with Crippen molar-refractivity contribution >= 4 is 17.5 Å². The molecule has 0 aliphatic carbocycles. The molecule has 5 nitrogen and oxygen atoms in total. The Kier molecular flexibility index (Phi) is 4.74. The van der Waals surface area contributed by atoms with E-state index in [1.54, 1.807) is 11.9 Å². The van der Waals surface area contributed by atoms with E-state index in [1.807, 2.05) is 42.5 Å². The summed E-state index contributed by atoms with van der Waals surface area (Å²) in [5.41, 5.74) is 3.48. The Morgan fingerprint density at radius 2 is 1.92 bits per heavy atom. The van der Waals surface area contributed by atoms with Gasteiger partial charge in [0.15, 0.2) is 6.61 Å². The third-order valence-corrected chi connectivity index (χ3v) is 4.40. The van der Waals surface area contributed by atoms with E-state index in [4.69, 9.17) is 4.74 Å². The van der Waals surface area contributed by atoms with Crippen LogP contribution in [-0.2, 0) is 11.3 Å². The van der Waals surface area contributed by atoms with E-state index < -0.39 is 0 Å². The van der Waals surface area contributed by atoms with Crippen LogP contribution in [0.1, 0.15) is 41.3 Å². The smallest absolute Gasteiger partial charge is 0.264 e. The normalized spacial score (nSPS) is 13.4. The van der Waals surface area contributed by atoms with E-state index in [9.17, 15) is 9.59 Å². The van der Waals surface area contributed by atoms with Crippen molar-refractivity contribution in [3.8, 4) is 5.75 Å². The third-order valence-electron chi connectivity index (χ3n) is 4.40. The summed E-state index contributed by atoms with van der Waals surface area (Å²) < 4.78 is 5.41. The van der Waals surface area contributed by atoms with Crippen molar-refractivity contribution in [3.05, 3.63) is 59.2 Å². The van der Waals surface area contributed by atoms with Crippen LogP contribution in [0.2, 0.25) is 0 Å². The topological polar surface area (TPSA) is 58.6 Å². The van der Waals surface area contributed by atoms with Crippen molar-refractivity contribution in [1.82, 2.24) is 5.32 Å². The van der Waals surface area contributed by atoms with Gasteiger partial charge in [-0.15, -0.1) is 0 Å². The van der Waals surface area contributed by atoms with E-state index >= 15 is 0 Å². The highest BCUT2D eigenvalue weighted by molar-refractivity contribution is 5.97. The number of nitrogens with zero attached hydrogens (tertiary/aromatic N) is 1. The lowest BCUT2D eigenvalue weighted by atomic mass is 10.0. The summed E-state index contributed by atoms with van der Waals surface area (Å²) in [5.74, 6) is 0.920. The zero-order valence-corrected chi connectivity index (χ0v) is 14.7. The second-order valence-corrected chi connectivity index (χ2v) is 6.50. The van der Waals surface area contributed by atoms with Gasteiger partial charge in [0.2, 0.25) is 0 Å². The molecule has 1 heterocycles. The van der Waals surface area contributed by atoms with E-state index in [2.05, 4.69) is 19.2 Å². The predicted octanol–water partition coefficient (Wildman–Crippen LogP) is 3.10. The molecule has 1 N–H and O–H groups in total. The fourth-order valence-corrected chi connectivity index (χ4v) is 2.73. The Balaban J connectivity index is 1.67. The Morgan fingerprint density at radius 3 is 2.60 bits per heavy atom. The standard InChI is InChI=1S/C20H22N2O3/c1-13(2)15-5-7-16(8-6-15)20(24)21-11-14-4-9-18-17(10-14)22(3)19(23)12-25-18/h4-10,13H,11-12H2,1-3H3,(H,21,24). The van der Waals surface area contributed by atoms with Gasteiger partial charge in [0, 0.05) is 19.2 Å². The number of ether oxygens (including phenoxy) is 1. The number of nitrogens with one attached hydrogen (secondary N) is 1. The molecular weight excluding hydrogens is 316 g/mol. The van der Waals surface area contributed by atoms with Crippen LogP contribution in [0.4, 0.5) is 5.69 Å². The van der Waals surface area contributed by atoms with Crippen LogP contribution in [-0.4, -0.2) is 25.5 Å². The van der Waals surface area contributed by atoms with Crippen LogP contribution < -0.4 is 15.0 Å². The van der Waals surface area contributed by atoms with Gasteiger partial charge in [0.1, 0.15) is 5.75 Å². The summed E-state index contributed by atoms with van der Waals surface area (Å²) in [4.78, 5) is 25.6. The Morgan fingerprint density at radius 1 is 1.20 bits per heavy atom. The molecule has 0 fully saturated rings. The molecule has 0 atom stereocenters. The van der Waals surface area contributed by atoms with Crippen molar-refractivity contribution in [3.63, 3.8) is 0 Å². The Labute approximate surface area is 147 Å². The van der Waals surface area contributed by atoms with Crippen molar-refractivity contribution < 1.29 is 14.3 Å². The molecule has 5 heteroatoms. The van der Waals surface area contributed by atoms with E-state index in [0.717, 1.165) is 11.3 Å². The third kappa shape index (κ3) is 3.65. The van der Waals surface area contributed by atoms with Gasteiger partial charge >= 0.3 is 0 Å². The zero-order chi connectivity index (χ0) is 18.0. The minimum atomic E-state index is -0.117. The number of amides is 2. The highest BCUT2D eigenvalue weighted by Crippen LogP contribution is 2.31. The number of benzene rings is 2. The molecule has 0 saturated carbocycles. The molecule has 0 spiro atoms. The molecule has 2 amide bonds. The SMILES string of the molecule is CC(C)c1ccc(C(=O)NCc2ccc3c(c2)N(C)C(=O)CO3)cc1. The van der Waals surface area contributed by atoms with Gasteiger partial charge in [0.25, 0.3) is 11.8 Å². The van der Waals surface area contributed by atoms with Gasteiger partial charge < -0.3 is 15.0 Å². The molecule has 1 aliphatic rings. The molecule has 0 unspecified atom stereocenters. The van der Waals surface area contributed by atoms with Gasteiger partial charge in [-0.25, -0.2) is 0 Å². The summed E-state index contributed by atoms with van der Waals surface area (Å²) in [5, 5.41) is 2.91. The number of carbonyl (C=O) groups excluding carboxylic acids is 2. The van der Waals surface area contributed by atoms with Crippen LogP contribution in [0.3, 0.4) is 0 Å². The van der Waals surface area contributed by atoms with Crippen LogP contribution in [0.25, 0.3) is 0 Å². The zero-order valence-electron chi connectivity index (χ0n) is 14.7. The van der Waals surface area contributed by atoms with Gasteiger partial charge in [-0.05, 0) is 41.3 Å². The average molecular weight is 338 g/mol. The summed E-state index contributed by atoms with van der Waals surface area (Å²) >= 11 is 0. The quantitative estimate of drug-likeness (QED) is 0.932. The summed E-state index contributed by atoms with van der Waals surface area (Å²) in [7, 11) is 1.72. The molecule has 130 valence electrons. The number of hydrogen-bond acceptors (Lipinski definition) is 3. The lowest BCUT2D eigenvalue weighted by molar-refractivity contribution is -0.120. The monoisotopic (exact) mass is 338 g/mol. The first kappa shape index (κ1) is 17.0. The maximum atomic E-state index is 12.3. The summed E-state index contributed by atoms with van der Waals surface area (Å²) in [6, 6.07) is 13.2. The molecule has 2 aromatic carbocycles. The minimum absolute atomic E-state index is 0.0615. The van der Waals surface area contributed by atoms with Crippen molar-refractivity contribution in [2.45, 2.75) is 26.3 Å². The summed E-state index contributed by atoms with van der Waals surface area (Å²) in [6.45, 7) is 4.69. The molecular formula is C20H22N2O3. The molecule has 1 aliphatic heterocycles. The maximum absolute atomic E-state index is 12.3. The fourth-order valence-electron chi connectivity index (χ4n) is 2.73. The summed E-state index contributed by atoms with van der Waals surface area (Å²) in [6.07, 6.45) is 0. The number of rotatable bonds is 4. The van der Waals surface area contributed by atoms with Gasteiger partial charge in [-0.2, -0.15) is 0 Å². The van der Waals surface area contributed by atoms with Crippen LogP contribution in [0, 0.1) is 0 Å². The molecule has 2 aromatic rings. The first-order valence-corrected chi connectivity index (χ1v) is 8.36. The second-order valence-electron chi connectivity index (χ2n) is 6.50. The molecule has 0 bridgehead atoms.